The summed E-state index contributed by atoms with van der Waals surface area (Å²) in [5.74, 6) is 0. The number of hydrogen-bond donors (Lipinski definition) is 0. The van der Waals surface area contributed by atoms with Gasteiger partial charge in [0, 0.05) is 0 Å². The average molecular weight is 203 g/mol. The predicted molar refractivity (Wildman–Crippen MR) is 64.9 cm³/mol. The second-order valence-electron chi connectivity index (χ2n) is 2.14. The lowest BCUT2D eigenvalue weighted by Crippen LogP contribution is -1.75. The zero-order valence-corrected chi connectivity index (χ0v) is 10.0. The molecular formula is C13H18N2. The van der Waals surface area contributed by atoms with E-state index in [1.54, 1.807) is 13.0 Å². The molecule has 2 nitrogen and oxygen atoms in total. The van der Waals surface area contributed by atoms with Crippen molar-refractivity contribution < 1.29 is 1.37 Å². The number of benzene rings is 1. The van der Waals surface area contributed by atoms with Gasteiger partial charge in [0.2, 0.25) is 5.69 Å². The molecule has 1 aromatic carbocycles. The van der Waals surface area contributed by atoms with Crippen molar-refractivity contribution in [3.05, 3.63) is 40.7 Å². The Kier molecular flexibility index (Phi) is 9.05. The number of hydrogen-bond acceptors (Lipinski definition) is 1. The molecule has 0 atom stereocenters. The standard InChI is InChI=1S/C9H6N2.2C2H6/c1-7-3-4-8(6-10)9(5-7)11-2;2*1-2/h3-5H,1H3;2*1-2H3/i3D;;. The fraction of sp³-hybridized carbons (Fsp3) is 0.385. The SMILES string of the molecule is CC.CC.[2H]c1cc(C#N)c([N+]#[C-])cc1C. The predicted octanol–water partition coefficient (Wildman–Crippen LogP) is 4.47. The van der Waals surface area contributed by atoms with Gasteiger partial charge in [0.1, 0.15) is 0 Å². The Morgan fingerprint density at radius 2 is 1.93 bits per heavy atom. The summed E-state index contributed by atoms with van der Waals surface area (Å²) in [5, 5.41) is 8.59. The molecule has 0 saturated heterocycles. The van der Waals surface area contributed by atoms with Gasteiger partial charge in [-0.3, -0.25) is 0 Å². The molecule has 1 aromatic rings. The Balaban J connectivity index is 0. The van der Waals surface area contributed by atoms with Crippen molar-refractivity contribution in [2.75, 3.05) is 0 Å². The topological polar surface area (TPSA) is 28.1 Å². The van der Waals surface area contributed by atoms with Crippen LogP contribution in [0.1, 0.15) is 40.2 Å². The molecule has 0 heterocycles. The maximum absolute atomic E-state index is 8.59. The minimum absolute atomic E-state index is 0.278. The molecule has 0 amide bonds. The second kappa shape index (κ2) is 10.3. The molecule has 80 valence electrons. The molecule has 2 heteroatoms. The van der Waals surface area contributed by atoms with Gasteiger partial charge in [-0.05, 0) is 6.92 Å². The lowest BCUT2D eigenvalue weighted by molar-refractivity contribution is 1.44. The summed E-state index contributed by atoms with van der Waals surface area (Å²) in [7, 11) is 0. The monoisotopic (exact) mass is 203 g/mol. The molecule has 0 aromatic heterocycles. The van der Waals surface area contributed by atoms with E-state index in [1.807, 2.05) is 33.8 Å². The normalized spacial score (nSPS) is 7.80. The number of aryl methyl sites for hydroxylation is 1. The van der Waals surface area contributed by atoms with Crippen LogP contribution in [0.3, 0.4) is 0 Å². The molecule has 0 unspecified atom stereocenters. The fourth-order valence-electron chi connectivity index (χ4n) is 0.766. The minimum Gasteiger partial charge on any atom is -0.237 e. The van der Waals surface area contributed by atoms with E-state index in [-0.39, 0.29) is 5.56 Å². The Hall–Kier alpha value is -1.80. The molecule has 0 bridgehead atoms. The Bertz CT molecular complexity index is 359. The van der Waals surface area contributed by atoms with Crippen molar-refractivity contribution in [3.63, 3.8) is 0 Å². The van der Waals surface area contributed by atoms with E-state index in [1.165, 1.54) is 6.07 Å². The number of nitrogens with zero attached hydrogens (tertiary/aromatic N) is 2. The van der Waals surface area contributed by atoms with Gasteiger partial charge in [-0.25, -0.2) is 4.85 Å². The Labute approximate surface area is 94.4 Å². The number of nitriles is 1. The third-order valence-corrected chi connectivity index (χ3v) is 1.31. The van der Waals surface area contributed by atoms with E-state index < -0.39 is 0 Å². The highest BCUT2D eigenvalue weighted by molar-refractivity contribution is 5.59. The van der Waals surface area contributed by atoms with Crippen molar-refractivity contribution in [1.82, 2.24) is 0 Å². The molecule has 0 radical (unpaired) electrons. The molecule has 0 saturated carbocycles. The van der Waals surface area contributed by atoms with Crippen LogP contribution in [0.2, 0.25) is 0 Å². The summed E-state index contributed by atoms with van der Waals surface area (Å²) >= 11 is 0. The zero-order chi connectivity index (χ0) is 13.1. The Morgan fingerprint density at radius 1 is 1.40 bits per heavy atom. The van der Waals surface area contributed by atoms with Gasteiger partial charge < -0.3 is 0 Å². The molecule has 0 fully saturated rings. The smallest absolute Gasteiger partial charge is 0.204 e. The van der Waals surface area contributed by atoms with Crippen molar-refractivity contribution >= 4 is 5.69 Å². The van der Waals surface area contributed by atoms with Gasteiger partial charge in [0.15, 0.2) is 0 Å². The zero-order valence-electron chi connectivity index (χ0n) is 11.0. The summed E-state index contributed by atoms with van der Waals surface area (Å²) in [4.78, 5) is 3.19. The summed E-state index contributed by atoms with van der Waals surface area (Å²) in [6.45, 7) is 16.5. The van der Waals surface area contributed by atoms with E-state index in [4.69, 9.17) is 13.2 Å². The summed E-state index contributed by atoms with van der Waals surface area (Å²) in [6.07, 6.45) is 0. The van der Waals surface area contributed by atoms with Gasteiger partial charge >= 0.3 is 0 Å². The van der Waals surface area contributed by atoms with Gasteiger partial charge in [0.05, 0.1) is 19.6 Å². The third kappa shape index (κ3) is 5.49. The lowest BCUT2D eigenvalue weighted by atomic mass is 10.1. The summed E-state index contributed by atoms with van der Waals surface area (Å²) in [5.41, 5.74) is 1.33. The van der Waals surface area contributed by atoms with Crippen LogP contribution in [0, 0.1) is 24.8 Å². The molecule has 0 aliphatic carbocycles. The first-order chi connectivity index (χ1) is 7.69. The first-order valence-corrected chi connectivity index (χ1v) is 5.08. The largest absolute Gasteiger partial charge is 0.237 e. The maximum atomic E-state index is 8.59. The highest BCUT2D eigenvalue weighted by Crippen LogP contribution is 2.19. The van der Waals surface area contributed by atoms with Gasteiger partial charge in [-0.1, -0.05) is 51.4 Å². The molecule has 15 heavy (non-hydrogen) atoms. The van der Waals surface area contributed by atoms with Gasteiger partial charge in [-0.2, -0.15) is 5.26 Å². The molecule has 0 N–H and O–H groups in total. The molecule has 0 spiro atoms. The highest BCUT2D eigenvalue weighted by Gasteiger charge is 1.99. The third-order valence-electron chi connectivity index (χ3n) is 1.31. The van der Waals surface area contributed by atoms with Crippen molar-refractivity contribution in [3.8, 4) is 6.07 Å². The van der Waals surface area contributed by atoms with Crippen molar-refractivity contribution in [2.24, 2.45) is 0 Å². The molecule has 0 aliphatic rings. The minimum atomic E-state index is 0.278. The van der Waals surface area contributed by atoms with Crippen LogP contribution >= 0.6 is 0 Å². The lowest BCUT2D eigenvalue weighted by Gasteiger charge is -1.94. The van der Waals surface area contributed by atoms with E-state index in [0.717, 1.165) is 5.56 Å². The van der Waals surface area contributed by atoms with Gasteiger partial charge in [-0.15, -0.1) is 0 Å². The van der Waals surface area contributed by atoms with Crippen LogP contribution in [0.25, 0.3) is 4.85 Å². The van der Waals surface area contributed by atoms with Crippen LogP contribution < -0.4 is 0 Å². The fourth-order valence-corrected chi connectivity index (χ4v) is 0.766. The van der Waals surface area contributed by atoms with Crippen molar-refractivity contribution in [2.45, 2.75) is 34.6 Å². The van der Waals surface area contributed by atoms with Gasteiger partial charge in [0.25, 0.3) is 0 Å². The van der Waals surface area contributed by atoms with E-state index in [0.29, 0.717) is 11.7 Å². The van der Waals surface area contributed by atoms with Crippen LogP contribution in [0.15, 0.2) is 18.2 Å². The maximum Gasteiger partial charge on any atom is 0.204 e. The summed E-state index contributed by atoms with van der Waals surface area (Å²) < 4.78 is 7.38. The molecule has 1 rings (SSSR count). The average Bonchev–Trinajstić information content (AvgIpc) is 2.37. The van der Waals surface area contributed by atoms with Crippen LogP contribution in [-0.4, -0.2) is 0 Å². The molecular weight excluding hydrogens is 184 g/mol. The summed E-state index contributed by atoms with van der Waals surface area (Å²) in [6, 6.07) is 5.17. The van der Waals surface area contributed by atoms with Crippen LogP contribution in [-0.2, 0) is 0 Å². The second-order valence-corrected chi connectivity index (χ2v) is 2.14. The van der Waals surface area contributed by atoms with Crippen LogP contribution in [0.5, 0.6) is 0 Å². The van der Waals surface area contributed by atoms with E-state index in [9.17, 15) is 0 Å². The van der Waals surface area contributed by atoms with E-state index in [2.05, 4.69) is 4.85 Å². The van der Waals surface area contributed by atoms with Crippen molar-refractivity contribution in [1.29, 1.82) is 5.26 Å². The number of rotatable bonds is 0. The molecule has 0 aliphatic heterocycles. The van der Waals surface area contributed by atoms with E-state index >= 15 is 0 Å². The first-order valence-electron chi connectivity index (χ1n) is 5.58. The quantitative estimate of drug-likeness (QED) is 0.572. The highest BCUT2D eigenvalue weighted by atomic mass is 14.6. The Morgan fingerprint density at radius 3 is 2.33 bits per heavy atom. The first kappa shape index (κ1) is 13.2. The van der Waals surface area contributed by atoms with Crippen LogP contribution in [0.4, 0.5) is 5.69 Å².